The van der Waals surface area contributed by atoms with Crippen molar-refractivity contribution >= 4 is 5.97 Å². The number of carboxylic acid groups (broad SMARTS) is 1. The van der Waals surface area contributed by atoms with Gasteiger partial charge in [-0.1, -0.05) is 17.2 Å². The molecule has 3 heteroatoms. The topological polar surface area (TPSA) is 42.2 Å². The van der Waals surface area contributed by atoms with Crippen molar-refractivity contribution in [2.75, 3.05) is 0 Å². The quantitative estimate of drug-likeness (QED) is 0.906. The lowest BCUT2D eigenvalue weighted by Gasteiger charge is -2.12. The summed E-state index contributed by atoms with van der Waals surface area (Å²) in [5.74, 6) is -0.845. The molecule has 0 atom stereocenters. The summed E-state index contributed by atoms with van der Waals surface area (Å²) in [5, 5.41) is 9.29. The highest BCUT2D eigenvalue weighted by Gasteiger charge is 2.29. The monoisotopic (exact) mass is 255 g/mol. The van der Waals surface area contributed by atoms with Crippen LogP contribution >= 0.6 is 0 Å². The van der Waals surface area contributed by atoms with Crippen molar-refractivity contribution in [3.05, 3.63) is 47.2 Å². The predicted molar refractivity (Wildman–Crippen MR) is 74.6 cm³/mol. The molecule has 0 saturated heterocycles. The molecule has 1 aromatic carbocycles. The number of hydrogen-bond donors (Lipinski definition) is 1. The molecule has 3 rings (SSSR count). The molecule has 19 heavy (non-hydrogen) atoms. The number of aromatic carboxylic acids is 1. The van der Waals surface area contributed by atoms with Gasteiger partial charge in [0.15, 0.2) is 0 Å². The Morgan fingerprint density at radius 2 is 1.79 bits per heavy atom. The fourth-order valence-corrected chi connectivity index (χ4v) is 2.71. The number of rotatable bonds is 3. The Balaban J connectivity index is 2.16. The fourth-order valence-electron chi connectivity index (χ4n) is 2.71. The van der Waals surface area contributed by atoms with E-state index in [1.165, 1.54) is 11.1 Å². The molecule has 0 amide bonds. The summed E-state index contributed by atoms with van der Waals surface area (Å²) in [6.45, 7) is 4.14. The van der Waals surface area contributed by atoms with Gasteiger partial charge in [-0.05, 0) is 56.5 Å². The first-order chi connectivity index (χ1) is 9.06. The van der Waals surface area contributed by atoms with E-state index in [0.29, 0.717) is 11.7 Å². The first-order valence-electron chi connectivity index (χ1n) is 6.59. The second-order valence-electron chi connectivity index (χ2n) is 5.39. The molecule has 0 radical (unpaired) electrons. The Hall–Kier alpha value is -2.03. The lowest BCUT2D eigenvalue weighted by atomic mass is 10.1. The van der Waals surface area contributed by atoms with Gasteiger partial charge in [0.1, 0.15) is 5.69 Å². The van der Waals surface area contributed by atoms with Crippen molar-refractivity contribution in [1.82, 2.24) is 4.57 Å². The summed E-state index contributed by atoms with van der Waals surface area (Å²) in [6.07, 6.45) is 2.15. The van der Waals surface area contributed by atoms with Crippen LogP contribution in [0.25, 0.3) is 11.3 Å². The van der Waals surface area contributed by atoms with Crippen molar-refractivity contribution in [1.29, 1.82) is 0 Å². The van der Waals surface area contributed by atoms with Crippen LogP contribution in [0, 0.1) is 13.8 Å². The number of aryl methyl sites for hydroxylation is 2. The van der Waals surface area contributed by atoms with Gasteiger partial charge in [0.25, 0.3) is 0 Å². The van der Waals surface area contributed by atoms with Gasteiger partial charge in [-0.3, -0.25) is 0 Å². The standard InChI is InChI=1S/C16H17NO2/c1-10-7-11(2)9-12(8-10)14-5-6-15(16(18)19)17(14)13-3-4-13/h5-9,13H,3-4H2,1-2H3,(H,18,19). The SMILES string of the molecule is Cc1cc(C)cc(-c2ccc(C(=O)O)n2C2CC2)c1. The van der Waals surface area contributed by atoms with E-state index in [2.05, 4.69) is 32.0 Å². The first-order valence-corrected chi connectivity index (χ1v) is 6.59. The van der Waals surface area contributed by atoms with Crippen molar-refractivity contribution in [2.24, 2.45) is 0 Å². The third kappa shape index (κ3) is 2.16. The van der Waals surface area contributed by atoms with E-state index in [4.69, 9.17) is 0 Å². The lowest BCUT2D eigenvalue weighted by molar-refractivity contribution is 0.0685. The maximum Gasteiger partial charge on any atom is 0.352 e. The van der Waals surface area contributed by atoms with E-state index in [-0.39, 0.29) is 0 Å². The van der Waals surface area contributed by atoms with E-state index < -0.39 is 5.97 Å². The molecule has 2 aromatic rings. The van der Waals surface area contributed by atoms with E-state index in [0.717, 1.165) is 24.1 Å². The summed E-state index contributed by atoms with van der Waals surface area (Å²) in [5.41, 5.74) is 4.94. The second-order valence-corrected chi connectivity index (χ2v) is 5.39. The molecule has 0 unspecified atom stereocenters. The van der Waals surface area contributed by atoms with Crippen molar-refractivity contribution in [2.45, 2.75) is 32.7 Å². The number of hydrogen-bond acceptors (Lipinski definition) is 1. The Morgan fingerprint density at radius 3 is 2.32 bits per heavy atom. The van der Waals surface area contributed by atoms with Crippen molar-refractivity contribution in [3.8, 4) is 11.3 Å². The number of aromatic nitrogens is 1. The molecule has 0 aliphatic heterocycles. The van der Waals surface area contributed by atoms with Crippen LogP contribution < -0.4 is 0 Å². The van der Waals surface area contributed by atoms with Gasteiger partial charge in [-0.25, -0.2) is 4.79 Å². The molecule has 1 N–H and O–H groups in total. The molecule has 1 saturated carbocycles. The van der Waals surface area contributed by atoms with Crippen LogP contribution in [0.2, 0.25) is 0 Å². The number of nitrogens with zero attached hydrogens (tertiary/aromatic N) is 1. The molecule has 98 valence electrons. The highest BCUT2D eigenvalue weighted by atomic mass is 16.4. The smallest absolute Gasteiger partial charge is 0.352 e. The van der Waals surface area contributed by atoms with Gasteiger partial charge >= 0.3 is 5.97 Å². The molecule has 1 fully saturated rings. The van der Waals surface area contributed by atoms with Crippen LogP contribution in [0.4, 0.5) is 0 Å². The maximum absolute atomic E-state index is 11.3. The van der Waals surface area contributed by atoms with Crippen LogP contribution in [0.1, 0.15) is 40.5 Å². The molecule has 1 heterocycles. The third-order valence-electron chi connectivity index (χ3n) is 3.57. The van der Waals surface area contributed by atoms with E-state index >= 15 is 0 Å². The molecule has 1 aromatic heterocycles. The summed E-state index contributed by atoms with van der Waals surface area (Å²) >= 11 is 0. The fraction of sp³-hybridized carbons (Fsp3) is 0.312. The van der Waals surface area contributed by atoms with E-state index in [1.54, 1.807) is 6.07 Å². The largest absolute Gasteiger partial charge is 0.477 e. The normalized spacial score (nSPS) is 14.6. The van der Waals surface area contributed by atoms with Crippen molar-refractivity contribution < 1.29 is 9.90 Å². The predicted octanol–water partition coefficient (Wildman–Crippen LogP) is 3.81. The summed E-state index contributed by atoms with van der Waals surface area (Å²) < 4.78 is 1.98. The number of carboxylic acids is 1. The number of benzene rings is 1. The van der Waals surface area contributed by atoms with Crippen LogP contribution in [0.15, 0.2) is 30.3 Å². The Morgan fingerprint density at radius 1 is 1.16 bits per heavy atom. The first kappa shape index (κ1) is 12.0. The maximum atomic E-state index is 11.3. The van der Waals surface area contributed by atoms with Gasteiger partial charge in [0.05, 0.1) is 0 Å². The average molecular weight is 255 g/mol. The molecule has 1 aliphatic rings. The zero-order valence-corrected chi connectivity index (χ0v) is 11.2. The van der Waals surface area contributed by atoms with Crippen LogP contribution in [-0.4, -0.2) is 15.6 Å². The third-order valence-corrected chi connectivity index (χ3v) is 3.57. The molecular weight excluding hydrogens is 238 g/mol. The lowest BCUT2D eigenvalue weighted by Crippen LogP contribution is -2.08. The number of carbonyl (C=O) groups is 1. The van der Waals surface area contributed by atoms with Gasteiger partial charge in [-0.15, -0.1) is 0 Å². The molecule has 0 spiro atoms. The van der Waals surface area contributed by atoms with Gasteiger partial charge < -0.3 is 9.67 Å². The van der Waals surface area contributed by atoms with Crippen LogP contribution in [0.3, 0.4) is 0 Å². The minimum atomic E-state index is -0.845. The zero-order chi connectivity index (χ0) is 13.6. The molecule has 3 nitrogen and oxygen atoms in total. The highest BCUT2D eigenvalue weighted by molar-refractivity contribution is 5.87. The highest BCUT2D eigenvalue weighted by Crippen LogP contribution is 2.40. The summed E-state index contributed by atoms with van der Waals surface area (Å²) in [6, 6.07) is 10.4. The van der Waals surface area contributed by atoms with E-state index in [9.17, 15) is 9.90 Å². The van der Waals surface area contributed by atoms with Crippen molar-refractivity contribution in [3.63, 3.8) is 0 Å². The minimum absolute atomic E-state index is 0.358. The molecule has 0 bridgehead atoms. The Kier molecular flexibility index (Phi) is 2.70. The van der Waals surface area contributed by atoms with Gasteiger partial charge in [0, 0.05) is 11.7 Å². The molecule has 1 aliphatic carbocycles. The molecular formula is C16H17NO2. The Bertz CT molecular complexity index is 631. The Labute approximate surface area is 112 Å². The van der Waals surface area contributed by atoms with E-state index in [1.807, 2.05) is 10.6 Å². The summed E-state index contributed by atoms with van der Waals surface area (Å²) in [7, 11) is 0. The minimum Gasteiger partial charge on any atom is -0.477 e. The van der Waals surface area contributed by atoms with Gasteiger partial charge in [-0.2, -0.15) is 0 Å². The summed E-state index contributed by atoms with van der Waals surface area (Å²) in [4.78, 5) is 11.3. The van der Waals surface area contributed by atoms with Crippen LogP contribution in [-0.2, 0) is 0 Å². The van der Waals surface area contributed by atoms with Gasteiger partial charge in [0.2, 0.25) is 0 Å². The average Bonchev–Trinajstić information content (AvgIpc) is 3.06. The second kappa shape index (κ2) is 4.26. The zero-order valence-electron chi connectivity index (χ0n) is 11.2. The van der Waals surface area contributed by atoms with Crippen LogP contribution in [0.5, 0.6) is 0 Å².